The number of fused-ring (bicyclic) bond motifs is 1. The number of thiazole rings is 1. The van der Waals surface area contributed by atoms with Crippen LogP contribution in [0.4, 0.5) is 18.3 Å². The summed E-state index contributed by atoms with van der Waals surface area (Å²) in [6.45, 7) is -0.176. The lowest BCUT2D eigenvalue weighted by molar-refractivity contribution is -0.274. The zero-order valence-electron chi connectivity index (χ0n) is 15.9. The van der Waals surface area contributed by atoms with E-state index in [0.29, 0.717) is 15.5 Å². The second kappa shape index (κ2) is 8.14. The molecule has 3 aromatic rings. The number of halogens is 3. The van der Waals surface area contributed by atoms with Gasteiger partial charge in [-0.2, -0.15) is 9.29 Å². The molecule has 0 spiro atoms. The van der Waals surface area contributed by atoms with Crippen molar-refractivity contribution in [1.29, 1.82) is 0 Å². The van der Waals surface area contributed by atoms with E-state index in [1.807, 2.05) is 0 Å². The highest BCUT2D eigenvalue weighted by Gasteiger charge is 2.41. The van der Waals surface area contributed by atoms with E-state index in [2.05, 4.69) is 19.7 Å². The van der Waals surface area contributed by atoms with Crippen LogP contribution in [-0.4, -0.2) is 70.8 Å². The third kappa shape index (κ3) is 4.44. The van der Waals surface area contributed by atoms with Crippen LogP contribution in [0.5, 0.6) is 5.75 Å². The fourth-order valence-electron chi connectivity index (χ4n) is 3.19. The van der Waals surface area contributed by atoms with Crippen LogP contribution in [0.2, 0.25) is 0 Å². The molecule has 1 fully saturated rings. The number of anilines is 1. The number of hydrogen-bond acceptors (Lipinski definition) is 9. The maximum absolute atomic E-state index is 13.0. The Morgan fingerprint density at radius 2 is 1.94 bits per heavy atom. The van der Waals surface area contributed by atoms with E-state index in [9.17, 15) is 31.5 Å². The number of alkyl halides is 3. The van der Waals surface area contributed by atoms with Gasteiger partial charge in [-0.25, -0.2) is 18.4 Å². The van der Waals surface area contributed by atoms with Gasteiger partial charge < -0.3 is 14.7 Å². The zero-order chi connectivity index (χ0) is 23.1. The highest BCUT2D eigenvalue weighted by molar-refractivity contribution is 7.89. The van der Waals surface area contributed by atoms with Gasteiger partial charge in [0.15, 0.2) is 10.8 Å². The van der Waals surface area contributed by atoms with E-state index in [1.54, 1.807) is 11.1 Å². The van der Waals surface area contributed by atoms with Gasteiger partial charge >= 0.3 is 12.3 Å². The standard InChI is InChI=1S/C17H14F3N5O5S2/c18-17(19,20)30-10-1-3-11(4-2-10)32(28,29)25-6-5-24(8-12(25)15(26)27)16-23-14-13(31-16)7-21-9-22-14/h1-4,7,9,12H,5-6,8H2,(H,26,27). The molecule has 3 heterocycles. The van der Waals surface area contributed by atoms with Crippen molar-refractivity contribution in [2.45, 2.75) is 17.3 Å². The van der Waals surface area contributed by atoms with Crippen LogP contribution >= 0.6 is 11.3 Å². The first kappa shape index (κ1) is 22.2. The van der Waals surface area contributed by atoms with Crippen LogP contribution in [0.1, 0.15) is 0 Å². The Labute approximate surface area is 182 Å². The number of carbonyl (C=O) groups is 1. The van der Waals surface area contributed by atoms with Gasteiger partial charge in [0.05, 0.1) is 9.60 Å². The van der Waals surface area contributed by atoms with Gasteiger partial charge in [-0.15, -0.1) is 13.2 Å². The number of aliphatic carboxylic acids is 1. The van der Waals surface area contributed by atoms with Gasteiger partial charge in [-0.3, -0.25) is 4.79 Å². The van der Waals surface area contributed by atoms with E-state index in [0.717, 1.165) is 28.6 Å². The predicted molar refractivity (Wildman–Crippen MR) is 106 cm³/mol. The number of ether oxygens (including phenoxy) is 1. The lowest BCUT2D eigenvalue weighted by atomic mass is 10.2. The van der Waals surface area contributed by atoms with Gasteiger partial charge in [0.1, 0.15) is 18.1 Å². The van der Waals surface area contributed by atoms with Crippen LogP contribution in [0.3, 0.4) is 0 Å². The Kier molecular flexibility index (Phi) is 5.64. The van der Waals surface area contributed by atoms with Crippen molar-refractivity contribution in [3.63, 3.8) is 0 Å². The number of rotatable bonds is 5. The Bertz CT molecular complexity index is 1220. The summed E-state index contributed by atoms with van der Waals surface area (Å²) in [5, 5.41) is 10.2. The molecule has 1 aromatic carbocycles. The van der Waals surface area contributed by atoms with Crippen LogP contribution in [0.25, 0.3) is 10.3 Å². The maximum atomic E-state index is 13.0. The quantitative estimate of drug-likeness (QED) is 0.572. The maximum Gasteiger partial charge on any atom is 0.573 e. The summed E-state index contributed by atoms with van der Waals surface area (Å²) in [5.41, 5.74) is 0.447. The summed E-state index contributed by atoms with van der Waals surface area (Å²) in [7, 11) is -4.30. The van der Waals surface area contributed by atoms with E-state index in [4.69, 9.17) is 0 Å². The number of benzene rings is 1. The third-order valence-corrected chi connectivity index (χ3v) is 7.57. The number of sulfonamides is 1. The molecule has 1 atom stereocenters. The van der Waals surface area contributed by atoms with E-state index < -0.39 is 34.1 Å². The molecule has 1 N–H and O–H groups in total. The molecule has 0 bridgehead atoms. The molecule has 0 aliphatic carbocycles. The van der Waals surface area contributed by atoms with Crippen LogP contribution in [-0.2, 0) is 14.8 Å². The molecule has 0 amide bonds. The van der Waals surface area contributed by atoms with Crippen molar-refractivity contribution in [1.82, 2.24) is 19.3 Å². The van der Waals surface area contributed by atoms with E-state index in [-0.39, 0.29) is 24.5 Å². The highest BCUT2D eigenvalue weighted by Crippen LogP contribution is 2.31. The molecule has 0 radical (unpaired) electrons. The number of carboxylic acid groups (broad SMARTS) is 1. The van der Waals surface area contributed by atoms with Gasteiger partial charge in [0, 0.05) is 25.8 Å². The number of carboxylic acids is 1. The molecule has 32 heavy (non-hydrogen) atoms. The zero-order valence-corrected chi connectivity index (χ0v) is 17.6. The molecule has 2 aromatic heterocycles. The Hall–Kier alpha value is -3.04. The van der Waals surface area contributed by atoms with E-state index >= 15 is 0 Å². The topological polar surface area (TPSA) is 126 Å². The fourth-order valence-corrected chi connectivity index (χ4v) is 5.68. The van der Waals surface area contributed by atoms with Gasteiger partial charge in [-0.05, 0) is 24.3 Å². The molecule has 10 nitrogen and oxygen atoms in total. The molecule has 15 heteroatoms. The van der Waals surface area contributed by atoms with Gasteiger partial charge in [0.2, 0.25) is 10.0 Å². The summed E-state index contributed by atoms with van der Waals surface area (Å²) >= 11 is 1.25. The first-order chi connectivity index (χ1) is 15.0. The predicted octanol–water partition coefficient (Wildman–Crippen LogP) is 1.95. The molecule has 1 unspecified atom stereocenters. The summed E-state index contributed by atoms with van der Waals surface area (Å²) in [4.78, 5) is 25.5. The van der Waals surface area contributed by atoms with Crippen molar-refractivity contribution < 1.29 is 36.2 Å². The smallest absolute Gasteiger partial charge is 0.480 e. The normalized spacial score (nSPS) is 18.1. The Balaban J connectivity index is 1.57. The molecule has 0 saturated carbocycles. The Morgan fingerprint density at radius 3 is 2.56 bits per heavy atom. The van der Waals surface area contributed by atoms with Gasteiger partial charge in [-0.1, -0.05) is 11.3 Å². The molecular weight excluding hydrogens is 475 g/mol. The minimum Gasteiger partial charge on any atom is -0.480 e. The SMILES string of the molecule is O=C(O)C1CN(c2nc3ncncc3s2)CCN1S(=O)(=O)c1ccc(OC(F)(F)F)cc1. The summed E-state index contributed by atoms with van der Waals surface area (Å²) in [5.74, 6) is -1.95. The summed E-state index contributed by atoms with van der Waals surface area (Å²) in [6.07, 6.45) is -2.01. The Morgan fingerprint density at radius 1 is 1.22 bits per heavy atom. The molecule has 4 rings (SSSR count). The third-order valence-electron chi connectivity index (χ3n) is 4.61. The first-order valence-electron chi connectivity index (χ1n) is 8.96. The average molecular weight is 489 g/mol. The number of hydrogen-bond donors (Lipinski definition) is 1. The van der Waals surface area contributed by atoms with Crippen molar-refractivity contribution in [2.75, 3.05) is 24.5 Å². The van der Waals surface area contributed by atoms with Crippen LogP contribution in [0.15, 0.2) is 41.7 Å². The van der Waals surface area contributed by atoms with Crippen molar-refractivity contribution in [2.24, 2.45) is 0 Å². The summed E-state index contributed by atoms with van der Waals surface area (Å²) in [6, 6.07) is 2.16. The lowest BCUT2D eigenvalue weighted by Crippen LogP contribution is -2.58. The minimum atomic E-state index is -4.92. The van der Waals surface area contributed by atoms with Crippen molar-refractivity contribution >= 4 is 42.8 Å². The minimum absolute atomic E-state index is 0.158. The molecule has 1 saturated heterocycles. The van der Waals surface area contributed by atoms with Gasteiger partial charge in [0.25, 0.3) is 0 Å². The van der Waals surface area contributed by atoms with Crippen molar-refractivity contribution in [3.8, 4) is 5.75 Å². The molecule has 1 aliphatic rings. The monoisotopic (exact) mass is 489 g/mol. The van der Waals surface area contributed by atoms with E-state index in [1.165, 1.54) is 17.7 Å². The number of aromatic nitrogens is 3. The lowest BCUT2D eigenvalue weighted by Gasteiger charge is -2.38. The largest absolute Gasteiger partial charge is 0.573 e. The fraction of sp³-hybridized carbons (Fsp3) is 0.294. The highest BCUT2D eigenvalue weighted by atomic mass is 32.2. The first-order valence-corrected chi connectivity index (χ1v) is 11.2. The second-order valence-electron chi connectivity index (χ2n) is 6.64. The van der Waals surface area contributed by atoms with Crippen LogP contribution < -0.4 is 9.64 Å². The van der Waals surface area contributed by atoms with Crippen molar-refractivity contribution in [3.05, 3.63) is 36.8 Å². The number of piperazine rings is 1. The average Bonchev–Trinajstić information content (AvgIpc) is 3.17. The van der Waals surface area contributed by atoms with Crippen LogP contribution in [0, 0.1) is 0 Å². The molecule has 1 aliphatic heterocycles. The second-order valence-corrected chi connectivity index (χ2v) is 9.54. The molecule has 170 valence electrons. The summed E-state index contributed by atoms with van der Waals surface area (Å²) < 4.78 is 68.3. The number of nitrogens with zero attached hydrogens (tertiary/aromatic N) is 5. The molecular formula is C17H14F3N5O5S2.